The molecule has 0 amide bonds. The quantitative estimate of drug-likeness (QED) is 0.207. The number of terminal acetylenes is 1. The van der Waals surface area contributed by atoms with Gasteiger partial charge in [0.1, 0.15) is 8.80 Å². The molecule has 1 nitrogen and oxygen atoms in total. The fraction of sp³-hybridized carbons (Fsp3) is 0.0303. The molecular formula is C33H24NSi. The average Bonchev–Trinajstić information content (AvgIpc) is 3.24. The molecule has 0 saturated heterocycles. The molecule has 35 heavy (non-hydrogen) atoms. The second-order valence-electron chi connectivity index (χ2n) is 8.20. The fourth-order valence-corrected chi connectivity index (χ4v) is 5.95. The highest BCUT2D eigenvalue weighted by Gasteiger charge is 2.08. The molecule has 4 aromatic carbocycles. The number of aromatic nitrogens is 1. The third kappa shape index (κ3) is 5.04. The molecule has 0 saturated carbocycles. The van der Waals surface area contributed by atoms with Crippen LogP contribution in [-0.4, -0.2) is 13.4 Å². The van der Waals surface area contributed by atoms with Gasteiger partial charge in [0.05, 0.1) is 6.54 Å². The first-order chi connectivity index (χ1) is 17.3. The third-order valence-electron chi connectivity index (χ3n) is 6.01. The summed E-state index contributed by atoms with van der Waals surface area (Å²) in [5.74, 6) is 9.32. The molecular weight excluding hydrogens is 438 g/mol. The number of benzene rings is 4. The van der Waals surface area contributed by atoms with Gasteiger partial charge in [-0.3, -0.25) is 0 Å². The van der Waals surface area contributed by atoms with Crippen molar-refractivity contribution in [3.8, 4) is 24.2 Å². The number of rotatable bonds is 5. The van der Waals surface area contributed by atoms with Crippen molar-refractivity contribution in [1.82, 2.24) is 4.57 Å². The van der Waals surface area contributed by atoms with E-state index < -0.39 is 8.80 Å². The van der Waals surface area contributed by atoms with Gasteiger partial charge >= 0.3 is 0 Å². The van der Waals surface area contributed by atoms with E-state index in [0.29, 0.717) is 6.54 Å². The number of allylic oxidation sites excluding steroid dienone is 1. The van der Waals surface area contributed by atoms with Gasteiger partial charge < -0.3 is 4.57 Å². The molecule has 1 radical (unpaired) electrons. The summed E-state index contributed by atoms with van der Waals surface area (Å²) in [4.78, 5) is 0. The summed E-state index contributed by atoms with van der Waals surface area (Å²) in [6.07, 6.45) is 9.67. The Bertz CT molecular complexity index is 1560. The standard InChI is InChI=1S/C33H24NSi/c1-2-27-19-21-28(22-20-27)23-26-35(29-13-5-3-6-14-29)25-12-4-11-24-34-32-17-9-7-15-30(32)31-16-8-10-18-33(31)34/h1,3,5-10,12-23,25-26H,24H2/b25-12+,26-23+. The lowest BCUT2D eigenvalue weighted by atomic mass is 10.1. The van der Waals surface area contributed by atoms with E-state index in [4.69, 9.17) is 6.42 Å². The van der Waals surface area contributed by atoms with Crippen LogP contribution in [0.1, 0.15) is 11.1 Å². The van der Waals surface area contributed by atoms with E-state index in [1.54, 1.807) is 0 Å². The molecule has 0 aliphatic rings. The molecule has 1 aromatic heterocycles. The van der Waals surface area contributed by atoms with Crippen molar-refractivity contribution < 1.29 is 0 Å². The van der Waals surface area contributed by atoms with Crippen molar-refractivity contribution in [3.05, 3.63) is 132 Å². The average molecular weight is 463 g/mol. The summed E-state index contributed by atoms with van der Waals surface area (Å²) >= 11 is 0. The van der Waals surface area contributed by atoms with Crippen molar-refractivity contribution in [2.24, 2.45) is 0 Å². The van der Waals surface area contributed by atoms with Crippen molar-refractivity contribution >= 4 is 41.9 Å². The molecule has 165 valence electrons. The monoisotopic (exact) mass is 462 g/mol. The molecule has 0 unspecified atom stereocenters. The molecule has 5 aromatic rings. The molecule has 0 aliphatic heterocycles. The predicted molar refractivity (Wildman–Crippen MR) is 152 cm³/mol. The second kappa shape index (κ2) is 10.6. The Morgan fingerprint density at radius 2 is 1.34 bits per heavy atom. The van der Waals surface area contributed by atoms with Gasteiger partial charge in [-0.2, -0.15) is 0 Å². The molecule has 0 fully saturated rings. The van der Waals surface area contributed by atoms with E-state index in [0.717, 1.165) is 11.1 Å². The number of para-hydroxylation sites is 2. The van der Waals surface area contributed by atoms with Crippen LogP contribution in [-0.2, 0) is 6.54 Å². The second-order valence-corrected chi connectivity index (χ2v) is 10.4. The minimum Gasteiger partial charge on any atom is -0.329 e. The Kier molecular flexibility index (Phi) is 6.76. The van der Waals surface area contributed by atoms with Crippen LogP contribution in [0, 0.1) is 24.2 Å². The summed E-state index contributed by atoms with van der Waals surface area (Å²) in [5, 5.41) is 3.88. The Labute approximate surface area is 208 Å². The molecule has 5 rings (SSSR count). The van der Waals surface area contributed by atoms with E-state index >= 15 is 0 Å². The highest BCUT2D eigenvalue weighted by atomic mass is 28.3. The number of hydrogen-bond donors (Lipinski definition) is 0. The molecule has 0 spiro atoms. The van der Waals surface area contributed by atoms with Gasteiger partial charge in [-0.05, 0) is 35.9 Å². The minimum absolute atomic E-state index is 0.656. The summed E-state index contributed by atoms with van der Waals surface area (Å²) in [6, 6.07) is 35.8. The molecule has 0 atom stereocenters. The van der Waals surface area contributed by atoms with Gasteiger partial charge in [-0.25, -0.2) is 0 Å². The number of fused-ring (bicyclic) bond motifs is 3. The van der Waals surface area contributed by atoms with E-state index in [1.165, 1.54) is 27.0 Å². The van der Waals surface area contributed by atoms with Gasteiger partial charge in [0.2, 0.25) is 0 Å². The number of nitrogens with zero attached hydrogens (tertiary/aromatic N) is 1. The largest absolute Gasteiger partial charge is 0.329 e. The van der Waals surface area contributed by atoms with Crippen molar-refractivity contribution in [2.75, 3.05) is 0 Å². The summed E-state index contributed by atoms with van der Waals surface area (Å²) in [6.45, 7) is 0.656. The van der Waals surface area contributed by atoms with E-state index in [-0.39, 0.29) is 0 Å². The van der Waals surface area contributed by atoms with Crippen molar-refractivity contribution in [1.29, 1.82) is 0 Å². The molecule has 0 aliphatic carbocycles. The van der Waals surface area contributed by atoms with Gasteiger partial charge in [-0.15, -0.1) is 6.42 Å². The zero-order valence-corrected chi connectivity index (χ0v) is 20.4. The lowest BCUT2D eigenvalue weighted by Gasteiger charge is -2.05. The molecule has 1 heterocycles. The Hall–Kier alpha value is -4.50. The van der Waals surface area contributed by atoms with Gasteiger partial charge in [-0.1, -0.05) is 119 Å². The Morgan fingerprint density at radius 3 is 2.00 bits per heavy atom. The molecule has 0 bridgehead atoms. The zero-order chi connectivity index (χ0) is 23.9. The maximum Gasteiger partial charge on any atom is 0.140 e. The van der Waals surface area contributed by atoms with E-state index in [2.05, 4.69) is 131 Å². The first kappa shape index (κ1) is 22.3. The smallest absolute Gasteiger partial charge is 0.140 e. The van der Waals surface area contributed by atoms with Crippen LogP contribution in [0.25, 0.3) is 27.9 Å². The van der Waals surface area contributed by atoms with Crippen LogP contribution in [0.3, 0.4) is 0 Å². The minimum atomic E-state index is -1.05. The first-order valence-corrected chi connectivity index (χ1v) is 13.3. The lowest BCUT2D eigenvalue weighted by Crippen LogP contribution is -2.25. The van der Waals surface area contributed by atoms with Gasteiger partial charge in [0.25, 0.3) is 0 Å². The molecule has 2 heteroatoms. The Balaban J connectivity index is 1.38. The summed E-state index contributed by atoms with van der Waals surface area (Å²) < 4.78 is 2.30. The van der Waals surface area contributed by atoms with Crippen LogP contribution in [0.4, 0.5) is 0 Å². The van der Waals surface area contributed by atoms with Crippen molar-refractivity contribution in [3.63, 3.8) is 0 Å². The first-order valence-electron chi connectivity index (χ1n) is 11.6. The molecule has 0 N–H and O–H groups in total. The van der Waals surface area contributed by atoms with E-state index in [1.807, 2.05) is 18.2 Å². The maximum absolute atomic E-state index is 5.48. The maximum atomic E-state index is 5.48. The van der Waals surface area contributed by atoms with Crippen molar-refractivity contribution in [2.45, 2.75) is 6.54 Å². The van der Waals surface area contributed by atoms with Crippen LogP contribution < -0.4 is 5.19 Å². The van der Waals surface area contributed by atoms with Crippen LogP contribution in [0.5, 0.6) is 0 Å². The summed E-state index contributed by atoms with van der Waals surface area (Å²) in [7, 11) is -1.05. The van der Waals surface area contributed by atoms with Crippen LogP contribution >= 0.6 is 0 Å². The predicted octanol–water partition coefficient (Wildman–Crippen LogP) is 6.53. The van der Waals surface area contributed by atoms with Crippen LogP contribution in [0.15, 0.2) is 121 Å². The SMILES string of the molecule is C#Cc1ccc(/C=C/[Si](/C=C/C#CCn2c3ccccc3c3ccccc32)c2ccccc2)cc1. The van der Waals surface area contributed by atoms with Gasteiger partial charge in [0, 0.05) is 27.4 Å². The normalized spacial score (nSPS) is 11.3. The van der Waals surface area contributed by atoms with Crippen LogP contribution in [0.2, 0.25) is 0 Å². The van der Waals surface area contributed by atoms with E-state index in [9.17, 15) is 0 Å². The zero-order valence-electron chi connectivity index (χ0n) is 19.4. The lowest BCUT2D eigenvalue weighted by molar-refractivity contribution is 0.923. The Morgan fingerprint density at radius 1 is 0.714 bits per heavy atom. The summed E-state index contributed by atoms with van der Waals surface area (Å²) in [5.41, 5.74) is 9.04. The fourth-order valence-electron chi connectivity index (χ4n) is 4.24. The highest BCUT2D eigenvalue weighted by Crippen LogP contribution is 2.28. The third-order valence-corrected chi connectivity index (χ3v) is 8.06. The number of hydrogen-bond acceptors (Lipinski definition) is 0. The topological polar surface area (TPSA) is 4.93 Å². The van der Waals surface area contributed by atoms with Gasteiger partial charge in [0.15, 0.2) is 0 Å². The highest BCUT2D eigenvalue weighted by molar-refractivity contribution is 6.82.